The third kappa shape index (κ3) is 7.20. The van der Waals surface area contributed by atoms with Crippen molar-refractivity contribution in [3.05, 3.63) is 34.7 Å². The molecule has 0 amide bonds. The first-order valence-electron chi connectivity index (χ1n) is 8.99. The summed E-state index contributed by atoms with van der Waals surface area (Å²) >= 11 is 0. The SMILES string of the molecule is N#CC(=Cc1ccc(NCCN2CCOCC2)cc1)S(=O)(=O)NCC(O)CO. The molecule has 9 nitrogen and oxygen atoms in total. The number of nitrogens with one attached hydrogen (secondary N) is 2. The monoisotopic (exact) mass is 410 g/mol. The zero-order valence-electron chi connectivity index (χ0n) is 15.5. The summed E-state index contributed by atoms with van der Waals surface area (Å²) in [5.41, 5.74) is 1.46. The first kappa shape index (κ1) is 22.3. The van der Waals surface area contributed by atoms with Crippen LogP contribution in [0.5, 0.6) is 0 Å². The first-order chi connectivity index (χ1) is 13.4. The smallest absolute Gasteiger partial charge is 0.250 e. The molecule has 0 aromatic heterocycles. The van der Waals surface area contributed by atoms with Gasteiger partial charge in [-0.15, -0.1) is 0 Å². The van der Waals surface area contributed by atoms with Crippen molar-refractivity contribution in [1.29, 1.82) is 5.26 Å². The van der Waals surface area contributed by atoms with E-state index in [-0.39, 0.29) is 6.54 Å². The second kappa shape index (κ2) is 11.1. The van der Waals surface area contributed by atoms with Crippen molar-refractivity contribution in [2.75, 3.05) is 57.9 Å². The Hall–Kier alpha value is -2.00. The van der Waals surface area contributed by atoms with Crippen LogP contribution in [0.3, 0.4) is 0 Å². The number of nitriles is 1. The van der Waals surface area contributed by atoms with E-state index in [2.05, 4.69) is 14.9 Å². The Morgan fingerprint density at radius 1 is 1.32 bits per heavy atom. The molecule has 0 radical (unpaired) electrons. The van der Waals surface area contributed by atoms with Crippen LogP contribution in [-0.2, 0) is 14.8 Å². The lowest BCUT2D eigenvalue weighted by molar-refractivity contribution is 0.0398. The Balaban J connectivity index is 1.92. The van der Waals surface area contributed by atoms with Crippen LogP contribution in [0.15, 0.2) is 29.2 Å². The number of ether oxygens (including phenoxy) is 1. The third-order valence-corrected chi connectivity index (χ3v) is 5.52. The molecule has 1 aliphatic heterocycles. The highest BCUT2D eigenvalue weighted by Crippen LogP contribution is 2.15. The van der Waals surface area contributed by atoms with Gasteiger partial charge in [-0.05, 0) is 23.8 Å². The maximum atomic E-state index is 12.1. The molecule has 28 heavy (non-hydrogen) atoms. The zero-order chi connectivity index (χ0) is 20.4. The molecule has 0 saturated carbocycles. The van der Waals surface area contributed by atoms with Gasteiger partial charge < -0.3 is 20.3 Å². The van der Waals surface area contributed by atoms with Gasteiger partial charge in [0.1, 0.15) is 6.07 Å². The highest BCUT2D eigenvalue weighted by atomic mass is 32.2. The predicted octanol–water partition coefficient (Wildman–Crippen LogP) is -0.432. The van der Waals surface area contributed by atoms with Crippen molar-refractivity contribution in [1.82, 2.24) is 9.62 Å². The summed E-state index contributed by atoms with van der Waals surface area (Å²) in [7, 11) is -4.07. The molecule has 0 bridgehead atoms. The summed E-state index contributed by atoms with van der Waals surface area (Å²) in [5.74, 6) is 0. The lowest BCUT2D eigenvalue weighted by Crippen LogP contribution is -2.38. The van der Waals surface area contributed by atoms with Crippen LogP contribution in [0.25, 0.3) is 6.08 Å². The second-order valence-corrected chi connectivity index (χ2v) is 8.05. The number of hydrogen-bond donors (Lipinski definition) is 4. The summed E-state index contributed by atoms with van der Waals surface area (Å²) in [5, 5.41) is 30.5. The molecule has 1 heterocycles. The second-order valence-electron chi connectivity index (χ2n) is 6.31. The van der Waals surface area contributed by atoms with Gasteiger partial charge in [-0.2, -0.15) is 5.26 Å². The number of hydrogen-bond acceptors (Lipinski definition) is 8. The molecule has 10 heteroatoms. The van der Waals surface area contributed by atoms with Gasteiger partial charge in [-0.25, -0.2) is 13.1 Å². The van der Waals surface area contributed by atoms with Crippen LogP contribution < -0.4 is 10.0 Å². The molecule has 1 aromatic carbocycles. The van der Waals surface area contributed by atoms with Gasteiger partial charge >= 0.3 is 0 Å². The minimum Gasteiger partial charge on any atom is -0.394 e. The number of aliphatic hydroxyl groups excluding tert-OH is 2. The molecule has 1 aliphatic rings. The lowest BCUT2D eigenvalue weighted by atomic mass is 10.2. The fraction of sp³-hybridized carbons (Fsp3) is 0.500. The van der Waals surface area contributed by atoms with E-state index in [9.17, 15) is 13.5 Å². The van der Waals surface area contributed by atoms with E-state index in [1.54, 1.807) is 18.2 Å². The average Bonchev–Trinajstić information content (AvgIpc) is 2.72. The fourth-order valence-electron chi connectivity index (χ4n) is 2.55. The van der Waals surface area contributed by atoms with Gasteiger partial charge in [0.15, 0.2) is 4.91 Å². The highest BCUT2D eigenvalue weighted by Gasteiger charge is 2.18. The maximum Gasteiger partial charge on any atom is 0.250 e. The van der Waals surface area contributed by atoms with Gasteiger partial charge in [-0.3, -0.25) is 4.90 Å². The third-order valence-electron chi connectivity index (χ3n) is 4.19. The van der Waals surface area contributed by atoms with E-state index in [4.69, 9.17) is 15.1 Å². The van der Waals surface area contributed by atoms with Crippen molar-refractivity contribution >= 4 is 21.8 Å². The number of morpholine rings is 1. The number of benzene rings is 1. The molecule has 1 atom stereocenters. The molecule has 0 spiro atoms. The van der Waals surface area contributed by atoms with Crippen LogP contribution in [0.1, 0.15) is 5.56 Å². The number of nitrogens with zero attached hydrogens (tertiary/aromatic N) is 2. The number of sulfonamides is 1. The Bertz CT molecular complexity index is 783. The van der Waals surface area contributed by atoms with Crippen LogP contribution in [-0.4, -0.2) is 82.2 Å². The van der Waals surface area contributed by atoms with Gasteiger partial charge in [0.25, 0.3) is 10.0 Å². The number of allylic oxidation sites excluding steroid dienone is 1. The van der Waals surface area contributed by atoms with Crippen molar-refractivity contribution < 1.29 is 23.4 Å². The van der Waals surface area contributed by atoms with Crippen molar-refractivity contribution in [3.63, 3.8) is 0 Å². The van der Waals surface area contributed by atoms with E-state index in [1.807, 2.05) is 12.1 Å². The number of anilines is 1. The van der Waals surface area contributed by atoms with Crippen molar-refractivity contribution in [2.45, 2.75) is 6.10 Å². The first-order valence-corrected chi connectivity index (χ1v) is 10.5. The molecule has 154 valence electrons. The topological polar surface area (TPSA) is 135 Å². The van der Waals surface area contributed by atoms with Gasteiger partial charge in [-0.1, -0.05) is 12.1 Å². The molecular weight excluding hydrogens is 384 g/mol. The Labute approximate surface area is 165 Å². The minimum absolute atomic E-state index is 0.371. The molecule has 2 rings (SSSR count). The highest BCUT2D eigenvalue weighted by molar-refractivity contribution is 7.93. The standard InChI is InChI=1S/C18H26N4O5S/c19-12-18(28(25,26)21-13-17(24)14-23)11-15-1-3-16(4-2-15)20-5-6-22-7-9-27-10-8-22/h1-4,11,17,20-21,23-24H,5-10,13-14H2. The molecule has 1 fully saturated rings. The number of aliphatic hydroxyl groups is 2. The van der Waals surface area contributed by atoms with Gasteiger partial charge in [0.2, 0.25) is 0 Å². The Morgan fingerprint density at radius 2 is 2.00 bits per heavy atom. The quantitative estimate of drug-likeness (QED) is 0.382. The van der Waals surface area contributed by atoms with Crippen LogP contribution in [0.2, 0.25) is 0 Å². The summed E-state index contributed by atoms with van der Waals surface area (Å²) in [6, 6.07) is 8.71. The Kier molecular flexibility index (Phi) is 8.85. The zero-order valence-corrected chi connectivity index (χ0v) is 16.4. The van der Waals surface area contributed by atoms with E-state index in [0.29, 0.717) is 5.56 Å². The molecule has 1 saturated heterocycles. The van der Waals surface area contributed by atoms with E-state index in [1.165, 1.54) is 6.08 Å². The fourth-order valence-corrected chi connectivity index (χ4v) is 3.53. The average molecular weight is 410 g/mol. The number of rotatable bonds is 10. The molecule has 1 aromatic rings. The van der Waals surface area contributed by atoms with E-state index < -0.39 is 27.6 Å². The van der Waals surface area contributed by atoms with Crippen molar-refractivity contribution in [3.8, 4) is 6.07 Å². The normalized spacial score (nSPS) is 17.1. The van der Waals surface area contributed by atoms with Gasteiger partial charge in [0, 0.05) is 38.4 Å². The van der Waals surface area contributed by atoms with Crippen molar-refractivity contribution in [2.24, 2.45) is 0 Å². The predicted molar refractivity (Wildman–Crippen MR) is 106 cm³/mol. The molecule has 0 aliphatic carbocycles. The van der Waals surface area contributed by atoms with E-state index in [0.717, 1.165) is 45.1 Å². The summed E-state index contributed by atoms with van der Waals surface area (Å²) in [6.45, 7) is 4.13. The molecular formula is C18H26N4O5S. The molecule has 4 N–H and O–H groups in total. The molecule has 1 unspecified atom stereocenters. The summed E-state index contributed by atoms with van der Waals surface area (Å²) < 4.78 is 31.7. The summed E-state index contributed by atoms with van der Waals surface area (Å²) in [6.07, 6.45) is 0.0306. The van der Waals surface area contributed by atoms with Crippen LogP contribution in [0, 0.1) is 11.3 Å². The van der Waals surface area contributed by atoms with Crippen LogP contribution >= 0.6 is 0 Å². The lowest BCUT2D eigenvalue weighted by Gasteiger charge is -2.26. The maximum absolute atomic E-state index is 12.1. The Morgan fingerprint density at radius 3 is 2.61 bits per heavy atom. The van der Waals surface area contributed by atoms with Gasteiger partial charge in [0.05, 0.1) is 25.9 Å². The van der Waals surface area contributed by atoms with E-state index >= 15 is 0 Å². The van der Waals surface area contributed by atoms with Crippen LogP contribution in [0.4, 0.5) is 5.69 Å². The minimum atomic E-state index is -4.07. The summed E-state index contributed by atoms with van der Waals surface area (Å²) in [4.78, 5) is 1.85. The largest absolute Gasteiger partial charge is 0.394 e.